The first-order valence-electron chi connectivity index (χ1n) is 4.99. The van der Waals surface area contributed by atoms with Crippen molar-refractivity contribution in [1.82, 2.24) is 0 Å². The van der Waals surface area contributed by atoms with Gasteiger partial charge in [0, 0.05) is 12.1 Å². The van der Waals surface area contributed by atoms with Crippen molar-refractivity contribution in [1.29, 1.82) is 0 Å². The zero-order valence-corrected chi connectivity index (χ0v) is 8.88. The van der Waals surface area contributed by atoms with Crippen molar-refractivity contribution < 1.29 is 13.2 Å². The van der Waals surface area contributed by atoms with Gasteiger partial charge in [0.05, 0.1) is 5.56 Å². The summed E-state index contributed by atoms with van der Waals surface area (Å²) in [5.74, 6) is -2.84. The summed E-state index contributed by atoms with van der Waals surface area (Å²) in [5.41, 5.74) is 0.495. The first-order valence-corrected chi connectivity index (χ1v) is 4.99. The highest BCUT2D eigenvalue weighted by Crippen LogP contribution is 2.27. The lowest BCUT2D eigenvalue weighted by Crippen LogP contribution is -1.97. The Morgan fingerprint density at radius 2 is 1.41 bits per heavy atom. The molecule has 0 bridgehead atoms. The van der Waals surface area contributed by atoms with Crippen molar-refractivity contribution in [2.45, 2.75) is 0 Å². The Kier molecular flexibility index (Phi) is 3.00. The summed E-state index contributed by atoms with van der Waals surface area (Å²) in [6.45, 7) is 3.64. The Bertz CT molecular complexity index is 536. The van der Waals surface area contributed by atoms with Gasteiger partial charge in [0.25, 0.3) is 0 Å². The molecule has 0 heterocycles. The Morgan fingerprint density at radius 1 is 0.882 bits per heavy atom. The van der Waals surface area contributed by atoms with Crippen molar-refractivity contribution in [2.75, 3.05) is 0 Å². The van der Waals surface area contributed by atoms with Crippen LogP contribution in [0, 0.1) is 17.5 Å². The predicted molar refractivity (Wildman–Crippen MR) is 60.9 cm³/mol. The van der Waals surface area contributed by atoms with Crippen molar-refractivity contribution >= 4 is 5.57 Å². The summed E-state index contributed by atoms with van der Waals surface area (Å²) in [6, 6.07) is 9.92. The summed E-state index contributed by atoms with van der Waals surface area (Å²) in [6.07, 6.45) is 0. The molecule has 86 valence electrons. The van der Waals surface area contributed by atoms with Crippen LogP contribution in [-0.2, 0) is 0 Å². The van der Waals surface area contributed by atoms with Gasteiger partial charge >= 0.3 is 0 Å². The van der Waals surface area contributed by atoms with E-state index in [2.05, 4.69) is 6.58 Å². The van der Waals surface area contributed by atoms with E-state index >= 15 is 0 Å². The van der Waals surface area contributed by atoms with Crippen LogP contribution in [0.15, 0.2) is 49.0 Å². The van der Waals surface area contributed by atoms with Gasteiger partial charge in [-0.2, -0.15) is 0 Å². The number of benzene rings is 2. The molecule has 3 heteroatoms. The second-order valence-corrected chi connectivity index (χ2v) is 3.59. The van der Waals surface area contributed by atoms with E-state index in [1.54, 1.807) is 30.3 Å². The Balaban J connectivity index is 2.52. The minimum atomic E-state index is -0.948. The molecule has 0 N–H and O–H groups in total. The monoisotopic (exact) mass is 234 g/mol. The molecular weight excluding hydrogens is 225 g/mol. The van der Waals surface area contributed by atoms with Gasteiger partial charge in [0.15, 0.2) is 0 Å². The van der Waals surface area contributed by atoms with E-state index in [1.165, 1.54) is 0 Å². The van der Waals surface area contributed by atoms with E-state index in [4.69, 9.17) is 0 Å². The van der Waals surface area contributed by atoms with Crippen molar-refractivity contribution in [3.63, 3.8) is 0 Å². The van der Waals surface area contributed by atoms with Gasteiger partial charge in [-0.25, -0.2) is 13.2 Å². The van der Waals surface area contributed by atoms with Gasteiger partial charge in [-0.1, -0.05) is 36.9 Å². The smallest absolute Gasteiger partial charge is 0.136 e. The van der Waals surface area contributed by atoms with Gasteiger partial charge in [-0.05, 0) is 11.1 Å². The van der Waals surface area contributed by atoms with Crippen molar-refractivity contribution in [2.24, 2.45) is 0 Å². The fraction of sp³-hybridized carbons (Fsp3) is 0. The van der Waals surface area contributed by atoms with E-state index in [0.717, 1.165) is 0 Å². The van der Waals surface area contributed by atoms with E-state index in [0.29, 0.717) is 17.7 Å². The Labute approximate surface area is 97.0 Å². The number of hydrogen-bond acceptors (Lipinski definition) is 0. The molecule has 17 heavy (non-hydrogen) atoms. The summed E-state index contributed by atoms with van der Waals surface area (Å²) in [7, 11) is 0. The molecule has 0 aliphatic carbocycles. The molecule has 0 fully saturated rings. The normalized spacial score (nSPS) is 10.3. The van der Waals surface area contributed by atoms with Crippen molar-refractivity contribution in [3.05, 3.63) is 77.6 Å². The van der Waals surface area contributed by atoms with E-state index < -0.39 is 17.5 Å². The molecule has 0 amide bonds. The fourth-order valence-electron chi connectivity index (χ4n) is 1.61. The first kappa shape index (κ1) is 11.5. The molecule has 2 rings (SSSR count). The maximum atomic E-state index is 13.5. The predicted octanol–water partition coefficient (Wildman–Crippen LogP) is 4.17. The van der Waals surface area contributed by atoms with Gasteiger partial charge < -0.3 is 0 Å². The summed E-state index contributed by atoms with van der Waals surface area (Å²) in [5, 5.41) is 0. The molecule has 0 radical (unpaired) electrons. The van der Waals surface area contributed by atoms with Crippen LogP contribution in [0.1, 0.15) is 11.1 Å². The van der Waals surface area contributed by atoms with Crippen LogP contribution >= 0.6 is 0 Å². The molecule has 0 aromatic heterocycles. The molecule has 2 aromatic rings. The topological polar surface area (TPSA) is 0 Å². The second-order valence-electron chi connectivity index (χ2n) is 3.59. The molecule has 0 atom stereocenters. The molecule has 0 saturated heterocycles. The largest absolute Gasteiger partial charge is 0.207 e. The molecule has 0 unspecified atom stereocenters. The van der Waals surface area contributed by atoms with Crippen LogP contribution in [0.5, 0.6) is 0 Å². The van der Waals surface area contributed by atoms with Gasteiger partial charge in [-0.15, -0.1) is 0 Å². The molecule has 2 aromatic carbocycles. The minimum absolute atomic E-state index is 0.195. The highest BCUT2D eigenvalue weighted by Gasteiger charge is 2.15. The molecule has 0 nitrogen and oxygen atoms in total. The molecule has 0 saturated carbocycles. The number of halogens is 3. The van der Waals surface area contributed by atoms with E-state index in [-0.39, 0.29) is 11.1 Å². The fourth-order valence-corrected chi connectivity index (χ4v) is 1.61. The minimum Gasteiger partial charge on any atom is -0.207 e. The lowest BCUT2D eigenvalue weighted by Gasteiger charge is -2.08. The van der Waals surface area contributed by atoms with Crippen LogP contribution in [-0.4, -0.2) is 0 Å². The number of rotatable bonds is 2. The average molecular weight is 234 g/mol. The van der Waals surface area contributed by atoms with E-state index in [1.807, 2.05) is 0 Å². The quantitative estimate of drug-likeness (QED) is 0.731. The first-order chi connectivity index (χ1) is 8.09. The zero-order valence-electron chi connectivity index (χ0n) is 8.88. The second kappa shape index (κ2) is 4.45. The van der Waals surface area contributed by atoms with Crippen LogP contribution in [0.4, 0.5) is 13.2 Å². The lowest BCUT2D eigenvalue weighted by molar-refractivity contribution is 0.539. The maximum absolute atomic E-state index is 13.5. The maximum Gasteiger partial charge on any atom is 0.136 e. The standard InChI is InChI=1S/C14H9F3/c1-9(10-5-3-2-4-6-10)14-12(16)7-11(15)8-13(14)17/h2-8H,1H2. The van der Waals surface area contributed by atoms with E-state index in [9.17, 15) is 13.2 Å². The summed E-state index contributed by atoms with van der Waals surface area (Å²) < 4.78 is 39.8. The summed E-state index contributed by atoms with van der Waals surface area (Å²) in [4.78, 5) is 0. The average Bonchev–Trinajstić information content (AvgIpc) is 2.28. The third-order valence-electron chi connectivity index (χ3n) is 2.43. The molecular formula is C14H9F3. The highest BCUT2D eigenvalue weighted by atomic mass is 19.1. The van der Waals surface area contributed by atoms with Gasteiger partial charge in [-0.3, -0.25) is 0 Å². The third-order valence-corrected chi connectivity index (χ3v) is 2.43. The lowest BCUT2D eigenvalue weighted by atomic mass is 9.98. The number of hydrogen-bond donors (Lipinski definition) is 0. The SMILES string of the molecule is C=C(c1ccccc1)c1c(F)cc(F)cc1F. The third kappa shape index (κ3) is 2.23. The van der Waals surface area contributed by atoms with Crippen LogP contribution in [0.25, 0.3) is 5.57 Å². The zero-order chi connectivity index (χ0) is 12.4. The van der Waals surface area contributed by atoms with Gasteiger partial charge in [0.1, 0.15) is 17.5 Å². The Morgan fingerprint density at radius 3 is 1.94 bits per heavy atom. The van der Waals surface area contributed by atoms with Crippen LogP contribution in [0.2, 0.25) is 0 Å². The van der Waals surface area contributed by atoms with Crippen LogP contribution < -0.4 is 0 Å². The van der Waals surface area contributed by atoms with Crippen LogP contribution in [0.3, 0.4) is 0 Å². The highest BCUT2D eigenvalue weighted by molar-refractivity contribution is 5.78. The Hall–Kier alpha value is -2.03. The van der Waals surface area contributed by atoms with Gasteiger partial charge in [0.2, 0.25) is 0 Å². The summed E-state index contributed by atoms with van der Waals surface area (Å²) >= 11 is 0. The molecule has 0 aliphatic rings. The van der Waals surface area contributed by atoms with Crippen molar-refractivity contribution in [3.8, 4) is 0 Å². The molecule has 0 spiro atoms. The molecule has 0 aliphatic heterocycles.